The summed E-state index contributed by atoms with van der Waals surface area (Å²) in [4.78, 5) is 0. The minimum absolute atomic E-state index is 0.125. The van der Waals surface area contributed by atoms with Gasteiger partial charge in [-0.1, -0.05) is 63.9 Å². The molecule has 2 atom stereocenters. The third kappa shape index (κ3) is 4.79. The van der Waals surface area contributed by atoms with Crippen molar-refractivity contribution < 1.29 is 0 Å². The fourth-order valence-electron chi connectivity index (χ4n) is 2.22. The summed E-state index contributed by atoms with van der Waals surface area (Å²) in [5, 5.41) is 3.56. The van der Waals surface area contributed by atoms with Crippen LogP contribution < -0.4 is 11.1 Å². The Morgan fingerprint density at radius 1 is 1.06 bits per heavy atom. The molecule has 3 N–H and O–H groups in total. The van der Waals surface area contributed by atoms with Crippen molar-refractivity contribution in [1.29, 1.82) is 0 Å². The Labute approximate surface area is 112 Å². The van der Waals surface area contributed by atoms with Crippen molar-refractivity contribution >= 4 is 0 Å². The molecule has 0 bridgehead atoms. The van der Waals surface area contributed by atoms with Gasteiger partial charge in [0.15, 0.2) is 0 Å². The highest BCUT2D eigenvalue weighted by Crippen LogP contribution is 2.18. The van der Waals surface area contributed by atoms with E-state index in [-0.39, 0.29) is 6.04 Å². The van der Waals surface area contributed by atoms with Gasteiger partial charge in [0.1, 0.15) is 0 Å². The van der Waals surface area contributed by atoms with Crippen molar-refractivity contribution in [3.63, 3.8) is 0 Å². The lowest BCUT2D eigenvalue weighted by Gasteiger charge is -2.22. The Morgan fingerprint density at radius 3 is 2.22 bits per heavy atom. The minimum Gasteiger partial charge on any atom is -0.324 e. The van der Waals surface area contributed by atoms with Gasteiger partial charge in [-0.2, -0.15) is 0 Å². The van der Waals surface area contributed by atoms with Crippen molar-refractivity contribution in [3.05, 3.63) is 35.9 Å². The molecule has 1 rings (SSSR count). The molecular weight excluding hydrogens is 220 g/mol. The number of nitrogens with two attached hydrogens (primary N) is 1. The molecule has 2 nitrogen and oxygen atoms in total. The van der Waals surface area contributed by atoms with Crippen molar-refractivity contribution in [2.45, 2.75) is 39.7 Å². The predicted molar refractivity (Wildman–Crippen MR) is 79.5 cm³/mol. The number of rotatable bonds is 8. The lowest BCUT2D eigenvalue weighted by Crippen LogP contribution is -2.32. The van der Waals surface area contributed by atoms with E-state index in [1.54, 1.807) is 0 Å². The van der Waals surface area contributed by atoms with Gasteiger partial charge in [-0.15, -0.1) is 0 Å². The maximum Gasteiger partial charge on any atom is 0.0333 e. The molecule has 0 aromatic heterocycles. The first-order chi connectivity index (χ1) is 8.69. The highest BCUT2D eigenvalue weighted by Gasteiger charge is 2.14. The summed E-state index contributed by atoms with van der Waals surface area (Å²) in [6.07, 6.45) is 2.51. The molecule has 0 saturated carbocycles. The first-order valence-electron chi connectivity index (χ1n) is 7.20. The average Bonchev–Trinajstić information content (AvgIpc) is 2.43. The number of hydrogen-bond acceptors (Lipinski definition) is 2. The van der Waals surface area contributed by atoms with E-state index in [1.807, 2.05) is 6.07 Å². The molecule has 1 aromatic carbocycles. The van der Waals surface area contributed by atoms with E-state index in [2.05, 4.69) is 50.4 Å². The molecule has 0 fully saturated rings. The smallest absolute Gasteiger partial charge is 0.0333 e. The van der Waals surface area contributed by atoms with Crippen LogP contribution in [0, 0.1) is 11.8 Å². The van der Waals surface area contributed by atoms with Gasteiger partial charge in [0.05, 0.1) is 0 Å². The zero-order valence-electron chi connectivity index (χ0n) is 12.0. The summed E-state index contributed by atoms with van der Waals surface area (Å²) < 4.78 is 0. The van der Waals surface area contributed by atoms with Crippen LogP contribution in [0.4, 0.5) is 0 Å². The fourth-order valence-corrected chi connectivity index (χ4v) is 2.22. The summed E-state index contributed by atoms with van der Waals surface area (Å²) >= 11 is 0. The van der Waals surface area contributed by atoms with Crippen LogP contribution in [-0.2, 0) is 0 Å². The summed E-state index contributed by atoms with van der Waals surface area (Å²) in [5.41, 5.74) is 7.51. The number of nitrogens with one attached hydrogen (secondary N) is 1. The van der Waals surface area contributed by atoms with E-state index in [4.69, 9.17) is 5.73 Å². The largest absolute Gasteiger partial charge is 0.324 e. The molecule has 2 heteroatoms. The van der Waals surface area contributed by atoms with E-state index in [0.717, 1.165) is 19.0 Å². The van der Waals surface area contributed by atoms with Gasteiger partial charge in [-0.25, -0.2) is 0 Å². The Hall–Kier alpha value is -0.860. The van der Waals surface area contributed by atoms with E-state index < -0.39 is 0 Å². The summed E-state index contributed by atoms with van der Waals surface area (Å²) in [6, 6.07) is 10.5. The van der Waals surface area contributed by atoms with Gasteiger partial charge in [0.2, 0.25) is 0 Å². The van der Waals surface area contributed by atoms with Gasteiger partial charge >= 0.3 is 0 Å². The number of hydrogen-bond donors (Lipinski definition) is 2. The van der Waals surface area contributed by atoms with E-state index >= 15 is 0 Å². The van der Waals surface area contributed by atoms with Crippen LogP contribution in [0.3, 0.4) is 0 Å². The zero-order valence-corrected chi connectivity index (χ0v) is 12.0. The quantitative estimate of drug-likeness (QED) is 0.740. The normalized spacial score (nSPS) is 14.7. The van der Waals surface area contributed by atoms with E-state index in [9.17, 15) is 0 Å². The molecule has 102 valence electrons. The van der Waals surface area contributed by atoms with Crippen LogP contribution in [0.15, 0.2) is 30.3 Å². The van der Waals surface area contributed by atoms with Gasteiger partial charge in [-0.05, 0) is 30.5 Å². The second kappa shape index (κ2) is 8.28. The molecular formula is C16H28N2. The van der Waals surface area contributed by atoms with Crippen molar-refractivity contribution in [1.82, 2.24) is 5.32 Å². The first-order valence-corrected chi connectivity index (χ1v) is 7.20. The van der Waals surface area contributed by atoms with Gasteiger partial charge in [0, 0.05) is 6.04 Å². The SMILES string of the molecule is CCC(CC)CNCC(C)C(N)c1ccccc1. The maximum atomic E-state index is 6.28. The second-order valence-corrected chi connectivity index (χ2v) is 5.25. The molecule has 18 heavy (non-hydrogen) atoms. The first kappa shape index (κ1) is 15.2. The van der Waals surface area contributed by atoms with E-state index in [1.165, 1.54) is 18.4 Å². The molecule has 0 radical (unpaired) electrons. The Kier molecular flexibility index (Phi) is 6.99. The highest BCUT2D eigenvalue weighted by molar-refractivity contribution is 5.19. The molecule has 1 aromatic rings. The van der Waals surface area contributed by atoms with Crippen molar-refractivity contribution in [2.24, 2.45) is 17.6 Å². The third-order valence-corrected chi connectivity index (χ3v) is 3.85. The summed E-state index contributed by atoms with van der Waals surface area (Å²) in [7, 11) is 0. The van der Waals surface area contributed by atoms with Gasteiger partial charge < -0.3 is 11.1 Å². The fraction of sp³-hybridized carbons (Fsp3) is 0.625. The second-order valence-electron chi connectivity index (χ2n) is 5.25. The maximum absolute atomic E-state index is 6.28. The molecule has 0 aliphatic rings. The number of benzene rings is 1. The zero-order chi connectivity index (χ0) is 13.4. The Balaban J connectivity index is 2.34. The standard InChI is InChI=1S/C16H28N2/c1-4-14(5-2)12-18-11-13(3)16(17)15-9-7-6-8-10-15/h6-10,13-14,16,18H,4-5,11-12,17H2,1-3H3. The summed E-state index contributed by atoms with van der Waals surface area (Å²) in [6.45, 7) is 8.84. The molecule has 0 spiro atoms. The van der Waals surface area contributed by atoms with Gasteiger partial charge in [-0.3, -0.25) is 0 Å². The third-order valence-electron chi connectivity index (χ3n) is 3.85. The van der Waals surface area contributed by atoms with Crippen LogP contribution in [0.1, 0.15) is 45.2 Å². The molecule has 0 aliphatic carbocycles. The van der Waals surface area contributed by atoms with Crippen LogP contribution in [0.2, 0.25) is 0 Å². The van der Waals surface area contributed by atoms with E-state index in [0.29, 0.717) is 5.92 Å². The molecule has 0 saturated heterocycles. The monoisotopic (exact) mass is 248 g/mol. The highest BCUT2D eigenvalue weighted by atomic mass is 14.9. The molecule has 0 amide bonds. The molecule has 0 aliphatic heterocycles. The molecule has 2 unspecified atom stereocenters. The van der Waals surface area contributed by atoms with Crippen molar-refractivity contribution in [2.75, 3.05) is 13.1 Å². The summed E-state index contributed by atoms with van der Waals surface area (Å²) in [5.74, 6) is 1.26. The lowest BCUT2D eigenvalue weighted by molar-refractivity contribution is 0.391. The molecule has 0 heterocycles. The Morgan fingerprint density at radius 2 is 1.67 bits per heavy atom. The van der Waals surface area contributed by atoms with Crippen LogP contribution in [0.25, 0.3) is 0 Å². The lowest BCUT2D eigenvalue weighted by atomic mass is 9.95. The average molecular weight is 248 g/mol. The van der Waals surface area contributed by atoms with Crippen LogP contribution in [0.5, 0.6) is 0 Å². The van der Waals surface area contributed by atoms with Gasteiger partial charge in [0.25, 0.3) is 0 Å². The van der Waals surface area contributed by atoms with Crippen LogP contribution >= 0.6 is 0 Å². The minimum atomic E-state index is 0.125. The predicted octanol–water partition coefficient (Wildman–Crippen LogP) is 3.35. The van der Waals surface area contributed by atoms with Crippen molar-refractivity contribution in [3.8, 4) is 0 Å². The topological polar surface area (TPSA) is 38.0 Å². The van der Waals surface area contributed by atoms with Crippen LogP contribution in [-0.4, -0.2) is 13.1 Å². The Bertz CT molecular complexity index is 306.